The van der Waals surface area contributed by atoms with Gasteiger partial charge in [-0.1, -0.05) is 36.4 Å². The Balaban J connectivity index is 3.06. The van der Waals surface area contributed by atoms with E-state index < -0.39 is 11.9 Å². The zero-order chi connectivity index (χ0) is 13.5. The Morgan fingerprint density at radius 1 is 1.33 bits per heavy atom. The summed E-state index contributed by atoms with van der Waals surface area (Å²) in [6.07, 6.45) is 1.62. The van der Waals surface area contributed by atoms with Gasteiger partial charge in [-0.3, -0.25) is 9.59 Å². The van der Waals surface area contributed by atoms with Crippen molar-refractivity contribution >= 4 is 11.8 Å². The Hall–Kier alpha value is -1.90. The molecule has 1 rings (SSSR count). The molecule has 0 spiro atoms. The average Bonchev–Trinajstić information content (AvgIpc) is 2.36. The second-order valence-electron chi connectivity index (χ2n) is 4.01. The number of rotatable bonds is 6. The third kappa shape index (κ3) is 3.29. The molecular formula is C15H18O3. The molecule has 0 radical (unpaired) electrons. The van der Waals surface area contributed by atoms with Crippen LogP contribution in [0.4, 0.5) is 0 Å². The minimum atomic E-state index is -0.815. The molecule has 0 aliphatic heterocycles. The minimum Gasteiger partial charge on any atom is -0.465 e. The Bertz CT molecular complexity index is 423. The molecule has 0 N–H and O–H groups in total. The highest BCUT2D eigenvalue weighted by atomic mass is 16.5. The number of esters is 1. The largest absolute Gasteiger partial charge is 0.465 e. The fraction of sp³-hybridized carbons (Fsp3) is 0.333. The van der Waals surface area contributed by atoms with E-state index in [9.17, 15) is 9.59 Å². The Kier molecular flexibility index (Phi) is 5.31. The fourth-order valence-electron chi connectivity index (χ4n) is 1.94. The van der Waals surface area contributed by atoms with Gasteiger partial charge in [0, 0.05) is 5.92 Å². The summed E-state index contributed by atoms with van der Waals surface area (Å²) >= 11 is 0. The topological polar surface area (TPSA) is 43.4 Å². The summed E-state index contributed by atoms with van der Waals surface area (Å²) in [5.74, 6) is -1.85. The minimum absolute atomic E-state index is 0.206. The molecule has 0 saturated heterocycles. The summed E-state index contributed by atoms with van der Waals surface area (Å²) in [6, 6.07) is 9.38. The van der Waals surface area contributed by atoms with E-state index in [1.165, 1.54) is 6.92 Å². The molecule has 3 nitrogen and oxygen atoms in total. The lowest BCUT2D eigenvalue weighted by molar-refractivity contribution is -0.151. The summed E-state index contributed by atoms with van der Waals surface area (Å²) in [7, 11) is 0. The fourth-order valence-corrected chi connectivity index (χ4v) is 1.94. The summed E-state index contributed by atoms with van der Waals surface area (Å²) in [6.45, 7) is 7.11. The van der Waals surface area contributed by atoms with Crippen molar-refractivity contribution in [2.45, 2.75) is 19.8 Å². The number of hydrogen-bond donors (Lipinski definition) is 0. The van der Waals surface area contributed by atoms with E-state index in [-0.39, 0.29) is 18.3 Å². The van der Waals surface area contributed by atoms with Crippen LogP contribution in [-0.2, 0) is 14.3 Å². The number of ketones is 1. The van der Waals surface area contributed by atoms with Crippen LogP contribution in [0.2, 0.25) is 0 Å². The van der Waals surface area contributed by atoms with Crippen molar-refractivity contribution < 1.29 is 14.3 Å². The Labute approximate surface area is 107 Å². The molecule has 1 aromatic carbocycles. The average molecular weight is 246 g/mol. The van der Waals surface area contributed by atoms with Gasteiger partial charge in [0.05, 0.1) is 6.61 Å². The summed E-state index contributed by atoms with van der Waals surface area (Å²) in [4.78, 5) is 23.6. The van der Waals surface area contributed by atoms with Gasteiger partial charge >= 0.3 is 5.97 Å². The van der Waals surface area contributed by atoms with Crippen LogP contribution in [0.1, 0.15) is 25.3 Å². The van der Waals surface area contributed by atoms with Gasteiger partial charge in [0.2, 0.25) is 0 Å². The van der Waals surface area contributed by atoms with E-state index in [2.05, 4.69) is 6.58 Å². The maximum Gasteiger partial charge on any atom is 0.317 e. The lowest BCUT2D eigenvalue weighted by atomic mass is 9.84. The highest BCUT2D eigenvalue weighted by Crippen LogP contribution is 2.27. The first-order valence-electron chi connectivity index (χ1n) is 5.96. The molecule has 0 aliphatic carbocycles. The van der Waals surface area contributed by atoms with Crippen LogP contribution in [0.3, 0.4) is 0 Å². The quantitative estimate of drug-likeness (QED) is 0.440. The van der Waals surface area contributed by atoms with Crippen molar-refractivity contribution in [3.05, 3.63) is 48.6 Å². The van der Waals surface area contributed by atoms with Gasteiger partial charge in [0.15, 0.2) is 0 Å². The predicted octanol–water partition coefficient (Wildman–Crippen LogP) is 2.72. The van der Waals surface area contributed by atoms with Gasteiger partial charge in [-0.25, -0.2) is 0 Å². The van der Waals surface area contributed by atoms with E-state index in [1.54, 1.807) is 13.0 Å². The van der Waals surface area contributed by atoms with Gasteiger partial charge in [-0.15, -0.1) is 6.58 Å². The molecule has 0 fully saturated rings. The number of ether oxygens (including phenoxy) is 1. The highest BCUT2D eigenvalue weighted by Gasteiger charge is 2.32. The summed E-state index contributed by atoms with van der Waals surface area (Å²) in [5.41, 5.74) is 0.890. The van der Waals surface area contributed by atoms with Crippen LogP contribution >= 0.6 is 0 Å². The van der Waals surface area contributed by atoms with E-state index in [0.717, 1.165) is 5.56 Å². The first kappa shape index (κ1) is 14.2. The van der Waals surface area contributed by atoms with Crippen LogP contribution in [0.5, 0.6) is 0 Å². The molecule has 0 saturated carbocycles. The second-order valence-corrected chi connectivity index (χ2v) is 4.01. The lowest BCUT2D eigenvalue weighted by Gasteiger charge is -2.21. The molecular weight excluding hydrogens is 228 g/mol. The van der Waals surface area contributed by atoms with Crippen LogP contribution in [0.25, 0.3) is 0 Å². The Morgan fingerprint density at radius 3 is 2.39 bits per heavy atom. The predicted molar refractivity (Wildman–Crippen MR) is 70.2 cm³/mol. The van der Waals surface area contributed by atoms with E-state index in [0.29, 0.717) is 0 Å². The van der Waals surface area contributed by atoms with Gasteiger partial charge in [0.25, 0.3) is 0 Å². The van der Waals surface area contributed by atoms with Crippen LogP contribution in [-0.4, -0.2) is 18.4 Å². The zero-order valence-corrected chi connectivity index (χ0v) is 10.8. The maximum atomic E-state index is 11.9. The first-order chi connectivity index (χ1) is 8.61. The molecule has 0 aromatic heterocycles. The molecule has 2 unspecified atom stereocenters. The van der Waals surface area contributed by atoms with E-state index in [4.69, 9.17) is 4.74 Å². The molecule has 96 valence electrons. The normalized spacial score (nSPS) is 13.4. The third-order valence-electron chi connectivity index (χ3n) is 2.78. The Morgan fingerprint density at radius 2 is 1.94 bits per heavy atom. The van der Waals surface area contributed by atoms with Crippen LogP contribution in [0, 0.1) is 5.92 Å². The number of Topliss-reactive ketones (excluding diaryl/α,β-unsaturated/α-hetero) is 1. The SMILES string of the molecule is C=CC(c1ccccc1)C(C(C)=O)C(=O)OCC. The number of hydrogen-bond acceptors (Lipinski definition) is 3. The van der Waals surface area contributed by atoms with Crippen LogP contribution in [0.15, 0.2) is 43.0 Å². The van der Waals surface area contributed by atoms with Crippen molar-refractivity contribution in [2.75, 3.05) is 6.61 Å². The summed E-state index contributed by atoms with van der Waals surface area (Å²) in [5, 5.41) is 0. The number of benzene rings is 1. The molecule has 2 atom stereocenters. The van der Waals surface area contributed by atoms with Gasteiger partial charge < -0.3 is 4.74 Å². The van der Waals surface area contributed by atoms with Gasteiger partial charge in [-0.05, 0) is 19.4 Å². The second kappa shape index (κ2) is 6.74. The first-order valence-corrected chi connectivity index (χ1v) is 5.96. The lowest BCUT2D eigenvalue weighted by Crippen LogP contribution is -2.29. The number of carbonyl (C=O) groups is 2. The highest BCUT2D eigenvalue weighted by molar-refractivity contribution is 5.99. The van der Waals surface area contributed by atoms with Crippen molar-refractivity contribution in [3.8, 4) is 0 Å². The van der Waals surface area contributed by atoms with Crippen molar-refractivity contribution in [3.63, 3.8) is 0 Å². The molecule has 0 aliphatic rings. The van der Waals surface area contributed by atoms with Gasteiger partial charge in [-0.2, -0.15) is 0 Å². The molecule has 18 heavy (non-hydrogen) atoms. The van der Waals surface area contributed by atoms with E-state index >= 15 is 0 Å². The van der Waals surface area contributed by atoms with Gasteiger partial charge in [0.1, 0.15) is 11.7 Å². The molecule has 0 amide bonds. The summed E-state index contributed by atoms with van der Waals surface area (Å²) < 4.78 is 4.96. The third-order valence-corrected chi connectivity index (χ3v) is 2.78. The zero-order valence-electron chi connectivity index (χ0n) is 10.8. The molecule has 0 bridgehead atoms. The standard InChI is InChI=1S/C15H18O3/c1-4-13(12-9-7-6-8-10-12)14(11(3)16)15(17)18-5-2/h4,6-10,13-14H,1,5H2,2-3H3. The van der Waals surface area contributed by atoms with E-state index in [1.807, 2.05) is 30.3 Å². The van der Waals surface area contributed by atoms with Crippen molar-refractivity contribution in [2.24, 2.45) is 5.92 Å². The molecule has 1 aromatic rings. The molecule has 0 heterocycles. The smallest absolute Gasteiger partial charge is 0.317 e. The number of allylic oxidation sites excluding steroid dienone is 1. The van der Waals surface area contributed by atoms with Crippen molar-refractivity contribution in [1.82, 2.24) is 0 Å². The monoisotopic (exact) mass is 246 g/mol. The van der Waals surface area contributed by atoms with Crippen molar-refractivity contribution in [1.29, 1.82) is 0 Å². The maximum absolute atomic E-state index is 11.9. The van der Waals surface area contributed by atoms with Crippen LogP contribution < -0.4 is 0 Å². The number of carbonyl (C=O) groups excluding carboxylic acids is 2. The molecule has 3 heteroatoms.